The molecule has 0 radical (unpaired) electrons. The number of carbonyl (C=O) groups excluding carboxylic acids is 1. The van der Waals surface area contributed by atoms with Gasteiger partial charge in [0.25, 0.3) is 0 Å². The fourth-order valence-electron chi connectivity index (χ4n) is 5.79. The maximum atomic E-state index is 13.0. The molecule has 4 bridgehead atoms. The minimum Gasteiger partial charge on any atom is -0.302 e. The molecule has 0 N–H and O–H groups in total. The molecule has 4 aliphatic rings. The molecule has 4 aliphatic carbocycles. The van der Waals surface area contributed by atoms with Gasteiger partial charge >= 0.3 is 0 Å². The lowest BCUT2D eigenvalue weighted by molar-refractivity contribution is -0.130. The molecule has 2 nitrogen and oxygen atoms in total. The van der Waals surface area contributed by atoms with E-state index in [1.165, 1.54) is 37.7 Å². The van der Waals surface area contributed by atoms with E-state index >= 15 is 0 Å². The molecule has 124 valence electrons. The summed E-state index contributed by atoms with van der Waals surface area (Å²) in [5, 5.41) is 0. The van der Waals surface area contributed by atoms with Gasteiger partial charge in [0.2, 0.25) is 0 Å². The van der Waals surface area contributed by atoms with Gasteiger partial charge in [-0.3, -0.25) is 4.79 Å². The highest BCUT2D eigenvalue weighted by atomic mass is 79.9. The van der Waals surface area contributed by atoms with Crippen LogP contribution >= 0.6 is 15.9 Å². The van der Waals surface area contributed by atoms with Crippen LogP contribution in [0.1, 0.15) is 44.1 Å². The van der Waals surface area contributed by atoms with E-state index in [2.05, 4.69) is 46.1 Å². The van der Waals surface area contributed by atoms with Crippen molar-refractivity contribution in [3.63, 3.8) is 0 Å². The van der Waals surface area contributed by atoms with Crippen molar-refractivity contribution in [1.82, 2.24) is 4.90 Å². The molecule has 0 aromatic heterocycles. The van der Waals surface area contributed by atoms with Crippen LogP contribution in [0, 0.1) is 23.2 Å². The Labute approximate surface area is 147 Å². The van der Waals surface area contributed by atoms with Crippen LogP contribution in [0.15, 0.2) is 28.7 Å². The molecule has 4 saturated carbocycles. The van der Waals surface area contributed by atoms with E-state index in [4.69, 9.17) is 0 Å². The first kappa shape index (κ1) is 15.8. The predicted octanol–water partition coefficient (Wildman–Crippen LogP) is 4.67. The van der Waals surface area contributed by atoms with Crippen LogP contribution < -0.4 is 0 Å². The molecule has 3 heteroatoms. The van der Waals surface area contributed by atoms with E-state index in [0.29, 0.717) is 5.78 Å². The van der Waals surface area contributed by atoms with Gasteiger partial charge in [-0.15, -0.1) is 0 Å². The van der Waals surface area contributed by atoms with E-state index in [1.54, 1.807) is 0 Å². The van der Waals surface area contributed by atoms with E-state index < -0.39 is 0 Å². The van der Waals surface area contributed by atoms with E-state index in [0.717, 1.165) is 41.7 Å². The molecule has 23 heavy (non-hydrogen) atoms. The zero-order valence-corrected chi connectivity index (χ0v) is 15.5. The Kier molecular flexibility index (Phi) is 4.13. The van der Waals surface area contributed by atoms with Gasteiger partial charge in [0.15, 0.2) is 0 Å². The predicted molar refractivity (Wildman–Crippen MR) is 96.1 cm³/mol. The third kappa shape index (κ3) is 2.80. The molecule has 0 amide bonds. The average molecular weight is 376 g/mol. The fourth-order valence-corrected chi connectivity index (χ4v) is 6.20. The Bertz CT molecular complexity index is 599. The quantitative estimate of drug-likeness (QED) is 0.719. The van der Waals surface area contributed by atoms with Gasteiger partial charge in [0.1, 0.15) is 5.78 Å². The summed E-state index contributed by atoms with van der Waals surface area (Å²) in [5.41, 5.74) is 1.39. The summed E-state index contributed by atoms with van der Waals surface area (Å²) in [7, 11) is 2.13. The Morgan fingerprint density at radius 1 is 1.22 bits per heavy atom. The van der Waals surface area contributed by atoms with Gasteiger partial charge in [-0.05, 0) is 68.5 Å². The fraction of sp³-hybridized carbons (Fsp3) is 0.650. The smallest absolute Gasteiger partial charge is 0.140 e. The molecule has 0 saturated heterocycles. The maximum absolute atomic E-state index is 13.0. The van der Waals surface area contributed by atoms with Crippen LogP contribution in [0.4, 0.5) is 0 Å². The first-order valence-corrected chi connectivity index (χ1v) is 9.81. The van der Waals surface area contributed by atoms with E-state index in [9.17, 15) is 4.79 Å². The summed E-state index contributed by atoms with van der Waals surface area (Å²) >= 11 is 3.61. The Balaban J connectivity index is 1.34. The third-order valence-corrected chi connectivity index (χ3v) is 7.44. The molecule has 4 fully saturated rings. The molecule has 2 unspecified atom stereocenters. The largest absolute Gasteiger partial charge is 0.302 e. The van der Waals surface area contributed by atoms with E-state index in [1.807, 2.05) is 6.07 Å². The number of carbonyl (C=O) groups is 1. The number of benzene rings is 1. The lowest BCUT2D eigenvalue weighted by atomic mass is 9.72. The molecule has 0 heterocycles. The number of rotatable bonds is 6. The molecule has 5 rings (SSSR count). The maximum Gasteiger partial charge on any atom is 0.140 e. The zero-order chi connectivity index (χ0) is 16.0. The highest BCUT2D eigenvalue weighted by Crippen LogP contribution is 2.65. The summed E-state index contributed by atoms with van der Waals surface area (Å²) < 4.78 is 1.16. The second kappa shape index (κ2) is 6.00. The van der Waals surface area contributed by atoms with Gasteiger partial charge < -0.3 is 4.90 Å². The third-order valence-electron chi connectivity index (χ3n) is 6.66. The Hall–Kier alpha value is -0.670. The highest BCUT2D eigenvalue weighted by Gasteiger charge is 2.60. The van der Waals surface area contributed by atoms with Crippen molar-refractivity contribution in [2.75, 3.05) is 13.6 Å². The number of halogens is 1. The van der Waals surface area contributed by atoms with Crippen LogP contribution in [-0.4, -0.2) is 24.3 Å². The standard InChI is InChI=1S/C20H26BrNO/c1-22(13-16-4-2-3-5-18(16)21)7-6-19(23)20-11-14-8-15(12-20)10-17(20)9-14/h2-5,14-15,17H,6-13H2,1H3. The van der Waals surface area contributed by atoms with Crippen molar-refractivity contribution in [3.05, 3.63) is 34.3 Å². The molecule has 0 aliphatic heterocycles. The van der Waals surface area contributed by atoms with Crippen molar-refractivity contribution >= 4 is 21.7 Å². The number of nitrogens with zero attached hydrogens (tertiary/aromatic N) is 1. The summed E-state index contributed by atoms with van der Waals surface area (Å²) in [6.07, 6.45) is 7.25. The van der Waals surface area contributed by atoms with Crippen molar-refractivity contribution in [3.8, 4) is 0 Å². The number of hydrogen-bond donors (Lipinski definition) is 0. The van der Waals surface area contributed by atoms with Crippen LogP contribution in [0.2, 0.25) is 0 Å². The Morgan fingerprint density at radius 2 is 1.91 bits per heavy atom. The lowest BCUT2D eigenvalue weighted by Crippen LogP contribution is -2.35. The normalized spacial score (nSPS) is 34.5. The van der Waals surface area contributed by atoms with Crippen molar-refractivity contribution in [2.24, 2.45) is 23.2 Å². The summed E-state index contributed by atoms with van der Waals surface area (Å²) in [6, 6.07) is 8.35. The van der Waals surface area contributed by atoms with Gasteiger partial charge in [0.05, 0.1) is 0 Å². The van der Waals surface area contributed by atoms with E-state index in [-0.39, 0.29) is 5.41 Å². The molecule has 2 atom stereocenters. The number of ketones is 1. The first-order valence-electron chi connectivity index (χ1n) is 9.02. The van der Waals surface area contributed by atoms with Crippen molar-refractivity contribution < 1.29 is 4.79 Å². The summed E-state index contributed by atoms with van der Waals surface area (Å²) in [6.45, 7) is 1.78. The molecular weight excluding hydrogens is 350 g/mol. The first-order chi connectivity index (χ1) is 11.1. The summed E-state index contributed by atoms with van der Waals surface area (Å²) in [5.74, 6) is 3.04. The molecule has 0 spiro atoms. The second-order valence-electron chi connectivity index (χ2n) is 8.20. The average Bonchev–Trinajstić information content (AvgIpc) is 2.93. The topological polar surface area (TPSA) is 20.3 Å². The summed E-state index contributed by atoms with van der Waals surface area (Å²) in [4.78, 5) is 15.3. The van der Waals surface area contributed by atoms with Crippen molar-refractivity contribution in [1.29, 1.82) is 0 Å². The van der Waals surface area contributed by atoms with Gasteiger partial charge in [-0.2, -0.15) is 0 Å². The zero-order valence-electron chi connectivity index (χ0n) is 13.9. The number of Topliss-reactive ketones (excluding diaryl/α,β-unsaturated/α-hetero) is 1. The van der Waals surface area contributed by atoms with Crippen LogP contribution in [-0.2, 0) is 11.3 Å². The molecular formula is C20H26BrNO. The minimum atomic E-state index is 0.0990. The minimum absolute atomic E-state index is 0.0990. The molecule has 1 aromatic carbocycles. The SMILES string of the molecule is CN(CCC(=O)C12CC3CC(CC1C3)C2)Cc1ccccc1Br. The Morgan fingerprint density at radius 3 is 2.61 bits per heavy atom. The van der Waals surface area contributed by atoms with Gasteiger partial charge in [-0.25, -0.2) is 0 Å². The monoisotopic (exact) mass is 375 g/mol. The van der Waals surface area contributed by atoms with Crippen molar-refractivity contribution in [2.45, 2.75) is 45.1 Å². The van der Waals surface area contributed by atoms with Crippen LogP contribution in [0.5, 0.6) is 0 Å². The van der Waals surface area contributed by atoms with Crippen LogP contribution in [0.3, 0.4) is 0 Å². The number of hydrogen-bond acceptors (Lipinski definition) is 2. The lowest BCUT2D eigenvalue weighted by Gasteiger charge is -2.32. The van der Waals surface area contributed by atoms with Gasteiger partial charge in [-0.1, -0.05) is 34.1 Å². The second-order valence-corrected chi connectivity index (χ2v) is 9.06. The van der Waals surface area contributed by atoms with Crippen LogP contribution in [0.25, 0.3) is 0 Å². The van der Waals surface area contributed by atoms with Gasteiger partial charge in [0, 0.05) is 29.4 Å². The molecule has 1 aromatic rings. The highest BCUT2D eigenvalue weighted by molar-refractivity contribution is 9.10.